The van der Waals surface area contributed by atoms with Crippen LogP contribution < -0.4 is 11.2 Å². The van der Waals surface area contributed by atoms with Crippen LogP contribution in [0.5, 0.6) is 23.0 Å². The van der Waals surface area contributed by atoms with E-state index < -0.39 is 65.7 Å². The van der Waals surface area contributed by atoms with Crippen molar-refractivity contribution >= 4 is 80.0 Å². The molecule has 0 spiro atoms. The molecule has 1 saturated heterocycles. The number of fused-ring (bicyclic) bond motifs is 4. The first-order valence-electron chi connectivity index (χ1n) is 44.7. The molecule has 1 fully saturated rings. The summed E-state index contributed by atoms with van der Waals surface area (Å²) in [6.45, 7) is 8.00. The van der Waals surface area contributed by atoms with E-state index in [0.717, 1.165) is 119 Å². The van der Waals surface area contributed by atoms with Gasteiger partial charge in [0.05, 0.1) is 46.3 Å². The third kappa shape index (κ3) is 25.9. The topological polar surface area (TPSA) is 343 Å². The minimum Gasteiger partial charge on any atom is -0.508 e. The SMILES string of the molecule is CC1(C)OB(c2ccnc(C#N)c2)OC1(C)C.N#Cc1cccc(-c2cccnc2[C@@H](CC(=O)CC2=CCc3ccc(O)cc32)Cc2cc(F)cc(F)c2)c1.NC(=O)c1cc(-c2cccnc2[C@@H](CC(=O)CC2=CCc3ccc(O)cc32)Cc2cc(F)cc(F)c2)ccn1.O=C(CC1=CCc2ccc(O)cc21)C[C@@H](Cc1cc(F)cc(F)c1)c1ncccc1Br.O=C(O)CC1=CCc2ccc(O)cc21. The van der Waals surface area contributed by atoms with Gasteiger partial charge in [0.2, 0.25) is 0 Å². The number of allylic oxidation sites excluding steroid dienone is 7. The summed E-state index contributed by atoms with van der Waals surface area (Å²) in [5, 5.41) is 65.8. The summed E-state index contributed by atoms with van der Waals surface area (Å²) in [4.78, 5) is 83.7. The quantitative estimate of drug-likeness (QED) is 0.0206. The summed E-state index contributed by atoms with van der Waals surface area (Å²) in [6.07, 6.45) is 20.3. The van der Waals surface area contributed by atoms with Gasteiger partial charge in [0, 0.05) is 121 Å². The van der Waals surface area contributed by atoms with Gasteiger partial charge in [-0.25, -0.2) is 31.3 Å². The maximum atomic E-state index is 14.1. The lowest BCUT2D eigenvalue weighted by molar-refractivity contribution is -0.135. The first-order valence-corrected chi connectivity index (χ1v) is 45.5. The Bertz CT molecular complexity index is 7060. The van der Waals surface area contributed by atoms with Crippen LogP contribution in [0.3, 0.4) is 0 Å². The van der Waals surface area contributed by atoms with Crippen LogP contribution in [-0.2, 0) is 73.4 Å². The molecule has 139 heavy (non-hydrogen) atoms. The number of Topliss-reactive ketones (excluding diaryl/α,β-unsaturated/α-hetero) is 3. The average Bonchev–Trinajstić information content (AvgIpc) is 1.63. The van der Waals surface area contributed by atoms with Crippen LogP contribution in [0, 0.1) is 57.6 Å². The number of carboxylic acid groups (broad SMARTS) is 1. The average molecular weight is 1940 g/mol. The summed E-state index contributed by atoms with van der Waals surface area (Å²) in [5.74, 6) is -6.40. The number of rotatable bonds is 27. The molecule has 3 atom stereocenters. The summed E-state index contributed by atoms with van der Waals surface area (Å²) in [7, 11) is -0.435. The fraction of sp³-hybridized carbons (Fsp3) is 0.207. The summed E-state index contributed by atoms with van der Waals surface area (Å²) >= 11 is 3.49. The number of carbonyl (C=O) groups is 5. The number of aromatic hydroxyl groups is 4. The minimum atomic E-state index is -0.840. The van der Waals surface area contributed by atoms with Gasteiger partial charge in [-0.2, -0.15) is 10.5 Å². The monoisotopic (exact) mass is 1930 g/mol. The van der Waals surface area contributed by atoms with E-state index in [2.05, 4.69) is 46.9 Å². The zero-order valence-electron chi connectivity index (χ0n) is 76.1. The normalized spacial score (nSPS) is 14.2. The van der Waals surface area contributed by atoms with E-state index in [1.165, 1.54) is 42.6 Å². The number of primary amides is 1. The fourth-order valence-electron chi connectivity index (χ4n) is 17.7. The molecule has 702 valence electrons. The number of amides is 1. The van der Waals surface area contributed by atoms with Gasteiger partial charge < -0.3 is 40.6 Å². The lowest BCUT2D eigenvalue weighted by atomic mass is 9.79. The predicted octanol–water partition coefficient (Wildman–Crippen LogP) is 21.7. The van der Waals surface area contributed by atoms with E-state index in [1.54, 1.807) is 128 Å². The summed E-state index contributed by atoms with van der Waals surface area (Å²) < 4.78 is 96.1. The Balaban J connectivity index is 0.000000145. The van der Waals surface area contributed by atoms with Crippen LogP contribution in [0.2, 0.25) is 0 Å². The molecule has 20 nitrogen and oxygen atoms in total. The molecule has 1 aliphatic heterocycles. The number of carboxylic acids is 1. The second-order valence-electron chi connectivity index (χ2n) is 35.4. The smallest absolute Gasteiger partial charge is 0.494 e. The Morgan fingerprint density at radius 3 is 1.15 bits per heavy atom. The second-order valence-corrected chi connectivity index (χ2v) is 36.2. The van der Waals surface area contributed by atoms with Crippen molar-refractivity contribution < 1.29 is 85.2 Å². The van der Waals surface area contributed by atoms with E-state index >= 15 is 0 Å². The fourth-order valence-corrected chi connectivity index (χ4v) is 18.3. The van der Waals surface area contributed by atoms with Crippen molar-refractivity contribution in [3.8, 4) is 57.4 Å². The molecule has 5 aliphatic rings. The van der Waals surface area contributed by atoms with E-state index in [-0.39, 0.29) is 127 Å². The third-order valence-corrected chi connectivity index (χ3v) is 25.5. The van der Waals surface area contributed by atoms with Crippen molar-refractivity contribution in [1.82, 2.24) is 24.9 Å². The number of halogens is 7. The number of hydrogen-bond donors (Lipinski definition) is 6. The number of nitriles is 2. The number of hydrogen-bond acceptors (Lipinski definition) is 18. The number of aromatic nitrogens is 5. The zero-order valence-corrected chi connectivity index (χ0v) is 77.6. The van der Waals surface area contributed by atoms with Gasteiger partial charge in [-0.3, -0.25) is 43.9 Å². The minimum absolute atomic E-state index is 0.00173. The van der Waals surface area contributed by atoms with Gasteiger partial charge in [-0.15, -0.1) is 0 Å². The first kappa shape index (κ1) is 99.6. The van der Waals surface area contributed by atoms with Crippen molar-refractivity contribution in [2.24, 2.45) is 5.73 Å². The van der Waals surface area contributed by atoms with Gasteiger partial charge in [0.1, 0.15) is 92.7 Å². The largest absolute Gasteiger partial charge is 0.508 e. The standard InChI is InChI=1S/C32H24F2N2O2.C31H25F2N3O3.C25H20BrF2NO2.C12H15BN2O2.C11H10O3/c33-26-13-21(14-27(34)17-26)12-25(16-29(38)15-24-7-6-22-8-9-28(37)18-31(22)24)32-30(5-2-10-36-32)23-4-1-3-20(11-23)19-35;32-23-11-18(12-24(33)16-23)10-22(14-26(38)13-20-4-3-19-5-6-25(37)17-28(19)20)30-27(2-1-8-36-30)21-7-9-35-29(15-21)31(34)39;26-24-2-1-7-29-25(24)18(8-15-9-19(27)13-20(28)10-15)12-22(31)11-17-4-3-16-5-6-21(30)14-23(16)17;1-11(2)12(3,4)17-13(16-11)9-5-6-15-10(7-9)8-14;12-9-4-3-7-1-2-8(5-11(13)14)10(7)6-9/h1-5,7-11,13-14,17-18,25,37H,6,12,15-16H2;1-2,4-9,11-12,15-17,22,37H,3,10,13-14H2,(H2,34,39);1-2,4-7,9-10,13-14,18,30H,3,8,11-12H2;5-7H,1-4H3;2-4,6,12H,1,5H2,(H,13,14)/t25-;22-;18-;;/m111../s1. The van der Waals surface area contributed by atoms with Crippen molar-refractivity contribution in [3.05, 3.63) is 402 Å². The number of benzene rings is 8. The number of nitrogens with zero attached hydrogens (tertiary/aromatic N) is 7. The molecule has 4 aliphatic carbocycles. The molecule has 1 amide bonds. The molecule has 7 N–H and O–H groups in total. The van der Waals surface area contributed by atoms with Crippen LogP contribution in [-0.4, -0.2) is 98.0 Å². The van der Waals surface area contributed by atoms with Crippen molar-refractivity contribution in [1.29, 1.82) is 10.5 Å². The van der Waals surface area contributed by atoms with Gasteiger partial charge >= 0.3 is 13.1 Å². The molecule has 0 bridgehead atoms. The van der Waals surface area contributed by atoms with Crippen LogP contribution in [0.15, 0.2) is 272 Å². The highest BCUT2D eigenvalue weighted by atomic mass is 79.9. The zero-order chi connectivity index (χ0) is 98.9. The highest BCUT2D eigenvalue weighted by Gasteiger charge is 2.52. The molecular formula is C111H94BBrF6N8O12. The Morgan fingerprint density at radius 2 is 0.777 bits per heavy atom. The predicted molar refractivity (Wildman–Crippen MR) is 520 cm³/mol. The number of phenolic OH excluding ortho intramolecular Hbond substituents is 4. The number of nitrogens with two attached hydrogens (primary N) is 1. The third-order valence-electron chi connectivity index (χ3n) is 24.8. The number of ketones is 3. The Kier molecular flexibility index (Phi) is 32.0. The van der Waals surface area contributed by atoms with Crippen LogP contribution in [0.4, 0.5) is 26.3 Å². The van der Waals surface area contributed by atoms with Gasteiger partial charge in [0.25, 0.3) is 5.91 Å². The van der Waals surface area contributed by atoms with E-state index in [1.807, 2.05) is 113 Å². The molecule has 5 aromatic heterocycles. The number of carbonyl (C=O) groups excluding carboxylic acids is 4. The highest BCUT2D eigenvalue weighted by molar-refractivity contribution is 9.10. The Hall–Kier alpha value is -15.4. The number of pyridine rings is 5. The lowest BCUT2D eigenvalue weighted by Crippen LogP contribution is -2.41. The van der Waals surface area contributed by atoms with Gasteiger partial charge in [-0.05, 0) is 334 Å². The summed E-state index contributed by atoms with van der Waals surface area (Å²) in [5.41, 5.74) is 23.6. The molecule has 0 saturated carbocycles. The summed E-state index contributed by atoms with van der Waals surface area (Å²) in [6, 6.07) is 59.5. The number of phenols is 4. The van der Waals surface area contributed by atoms with Crippen LogP contribution in [0.25, 0.3) is 44.5 Å². The molecule has 13 aromatic rings. The molecule has 0 radical (unpaired) electrons. The molecule has 6 heterocycles. The Morgan fingerprint density at radius 1 is 0.410 bits per heavy atom. The van der Waals surface area contributed by atoms with Crippen molar-refractivity contribution in [2.75, 3.05) is 0 Å². The molecule has 28 heteroatoms. The number of aliphatic carboxylic acids is 1. The Labute approximate surface area is 807 Å². The van der Waals surface area contributed by atoms with E-state index in [0.29, 0.717) is 69.0 Å². The lowest BCUT2D eigenvalue weighted by Gasteiger charge is -2.32. The van der Waals surface area contributed by atoms with E-state index in [4.69, 9.17) is 25.4 Å². The maximum absolute atomic E-state index is 14.1. The maximum Gasteiger partial charge on any atom is 0.494 e. The first-order chi connectivity index (χ1) is 66.6. The molecule has 8 aromatic carbocycles. The van der Waals surface area contributed by atoms with Gasteiger partial charge in [-0.1, -0.05) is 72.8 Å². The van der Waals surface area contributed by atoms with Gasteiger partial charge in [0.15, 0.2) is 0 Å². The van der Waals surface area contributed by atoms with Crippen molar-refractivity contribution in [3.63, 3.8) is 0 Å². The highest BCUT2D eigenvalue weighted by Crippen LogP contribution is 2.43. The van der Waals surface area contributed by atoms with Crippen molar-refractivity contribution in [2.45, 2.75) is 147 Å². The molecular weight excluding hydrogens is 1840 g/mol. The molecule has 0 unspecified atom stereocenters. The van der Waals surface area contributed by atoms with Crippen LogP contribution >= 0.6 is 15.9 Å². The second kappa shape index (κ2) is 44.6. The van der Waals surface area contributed by atoms with E-state index in [9.17, 15) is 76.0 Å². The van der Waals surface area contributed by atoms with Crippen LogP contribution in [0.1, 0.15) is 190 Å². The molecule has 18 rings (SSSR count).